The molecule has 0 aliphatic carbocycles. The maximum Gasteiger partial charge on any atom is 0.306 e. The van der Waals surface area contributed by atoms with Crippen LogP contribution in [-0.2, 0) is 28.6 Å². The lowest BCUT2D eigenvalue weighted by molar-refractivity contribution is -0.167. The number of esters is 3. The van der Waals surface area contributed by atoms with Gasteiger partial charge in [-0.05, 0) is 31.1 Å². The Morgan fingerprint density at radius 1 is 0.339 bits per heavy atom. The molecular weight excluding hydrogens is 733 g/mol. The van der Waals surface area contributed by atoms with Gasteiger partial charge in [-0.3, -0.25) is 14.4 Å². The summed E-state index contributed by atoms with van der Waals surface area (Å²) in [5, 5.41) is 0. The molecule has 6 nitrogen and oxygen atoms in total. The van der Waals surface area contributed by atoms with Crippen molar-refractivity contribution in [2.45, 2.75) is 298 Å². The molecule has 0 aromatic carbocycles. The van der Waals surface area contributed by atoms with Crippen LogP contribution >= 0.6 is 0 Å². The lowest BCUT2D eigenvalue weighted by Gasteiger charge is -2.18. The van der Waals surface area contributed by atoms with Gasteiger partial charge in [0.25, 0.3) is 0 Å². The molecule has 0 spiro atoms. The quantitative estimate of drug-likeness (QED) is 0.0345. The third-order valence-corrected chi connectivity index (χ3v) is 12.7. The summed E-state index contributed by atoms with van der Waals surface area (Å²) in [4.78, 5) is 38.0. The molecule has 2 unspecified atom stereocenters. The van der Waals surface area contributed by atoms with Crippen LogP contribution < -0.4 is 0 Å². The van der Waals surface area contributed by atoms with E-state index in [-0.39, 0.29) is 31.1 Å². The fourth-order valence-corrected chi connectivity index (χ4v) is 7.93. The van der Waals surface area contributed by atoms with E-state index < -0.39 is 6.10 Å². The van der Waals surface area contributed by atoms with Crippen molar-refractivity contribution in [3.05, 3.63) is 0 Å². The van der Waals surface area contributed by atoms with Crippen molar-refractivity contribution < 1.29 is 28.6 Å². The Morgan fingerprint density at radius 3 is 0.881 bits per heavy atom. The SMILES string of the molecule is CCCCCCCCCCCCCCCC(=O)OC[C@@H](COC(=O)CCCCCCCCCCCCC(C)CC)OC(=O)CCCCCCCCCCCCC(C)CC. The zero-order valence-electron chi connectivity index (χ0n) is 40.4. The summed E-state index contributed by atoms with van der Waals surface area (Å²) < 4.78 is 16.8. The third kappa shape index (κ3) is 44.3. The highest BCUT2D eigenvalue weighted by atomic mass is 16.6. The van der Waals surface area contributed by atoms with Gasteiger partial charge >= 0.3 is 17.9 Å². The van der Waals surface area contributed by atoms with Crippen LogP contribution in [0.25, 0.3) is 0 Å². The first-order valence-electron chi connectivity index (χ1n) is 26.3. The summed E-state index contributed by atoms with van der Waals surface area (Å²) >= 11 is 0. The maximum atomic E-state index is 12.8. The molecule has 0 saturated heterocycles. The fourth-order valence-electron chi connectivity index (χ4n) is 7.93. The highest BCUT2D eigenvalue weighted by molar-refractivity contribution is 5.71. The summed E-state index contributed by atoms with van der Waals surface area (Å²) in [6.07, 6.45) is 46.4. The summed E-state index contributed by atoms with van der Waals surface area (Å²) in [6, 6.07) is 0. The highest BCUT2D eigenvalue weighted by Gasteiger charge is 2.19. The van der Waals surface area contributed by atoms with E-state index in [0.29, 0.717) is 19.3 Å². The van der Waals surface area contributed by atoms with Crippen molar-refractivity contribution in [1.82, 2.24) is 0 Å². The van der Waals surface area contributed by atoms with Gasteiger partial charge in [0.15, 0.2) is 6.10 Å². The molecule has 0 rings (SSSR count). The monoisotopic (exact) mass is 835 g/mol. The Morgan fingerprint density at radius 2 is 0.593 bits per heavy atom. The minimum atomic E-state index is -0.762. The van der Waals surface area contributed by atoms with Gasteiger partial charge < -0.3 is 14.2 Å². The van der Waals surface area contributed by atoms with Crippen LogP contribution in [0.3, 0.4) is 0 Å². The van der Waals surface area contributed by atoms with E-state index in [1.807, 2.05) is 0 Å². The Hall–Kier alpha value is -1.59. The molecule has 0 amide bonds. The van der Waals surface area contributed by atoms with Gasteiger partial charge in [0, 0.05) is 19.3 Å². The molecule has 0 aliphatic heterocycles. The summed E-state index contributed by atoms with van der Waals surface area (Å²) in [7, 11) is 0. The molecule has 3 atom stereocenters. The topological polar surface area (TPSA) is 78.9 Å². The molecule has 0 aromatic heterocycles. The second-order valence-corrected chi connectivity index (χ2v) is 18.6. The predicted molar refractivity (Wildman–Crippen MR) is 252 cm³/mol. The molecular formula is C53H102O6. The minimum absolute atomic E-state index is 0.0637. The van der Waals surface area contributed by atoms with Crippen molar-refractivity contribution in [3.8, 4) is 0 Å². The molecule has 0 N–H and O–H groups in total. The maximum absolute atomic E-state index is 12.8. The zero-order chi connectivity index (χ0) is 43.3. The van der Waals surface area contributed by atoms with E-state index in [2.05, 4.69) is 34.6 Å². The normalized spacial score (nSPS) is 13.0. The average molecular weight is 835 g/mol. The molecule has 59 heavy (non-hydrogen) atoms. The first kappa shape index (κ1) is 57.4. The predicted octanol–water partition coefficient (Wildman–Crippen LogP) is 16.9. The van der Waals surface area contributed by atoms with Crippen molar-refractivity contribution in [2.24, 2.45) is 11.8 Å². The van der Waals surface area contributed by atoms with Crippen LogP contribution in [-0.4, -0.2) is 37.2 Å². The number of hydrogen-bond acceptors (Lipinski definition) is 6. The number of ether oxygens (including phenoxy) is 3. The van der Waals surface area contributed by atoms with E-state index >= 15 is 0 Å². The Bertz CT molecular complexity index is 904. The zero-order valence-corrected chi connectivity index (χ0v) is 40.4. The van der Waals surface area contributed by atoms with Crippen LogP contribution in [0.4, 0.5) is 0 Å². The van der Waals surface area contributed by atoms with Gasteiger partial charge in [-0.25, -0.2) is 0 Å². The van der Waals surface area contributed by atoms with Gasteiger partial charge in [-0.15, -0.1) is 0 Å². The number of hydrogen-bond donors (Lipinski definition) is 0. The fraction of sp³-hybridized carbons (Fsp3) is 0.943. The van der Waals surface area contributed by atoms with E-state index in [9.17, 15) is 14.4 Å². The van der Waals surface area contributed by atoms with E-state index in [4.69, 9.17) is 14.2 Å². The van der Waals surface area contributed by atoms with Crippen LogP contribution in [0, 0.1) is 11.8 Å². The van der Waals surface area contributed by atoms with Crippen LogP contribution in [0.1, 0.15) is 291 Å². The highest BCUT2D eigenvalue weighted by Crippen LogP contribution is 2.18. The van der Waals surface area contributed by atoms with Gasteiger partial charge in [-0.2, -0.15) is 0 Å². The lowest BCUT2D eigenvalue weighted by Crippen LogP contribution is -2.30. The van der Waals surface area contributed by atoms with Crippen molar-refractivity contribution >= 4 is 17.9 Å². The first-order valence-corrected chi connectivity index (χ1v) is 26.3. The first-order chi connectivity index (χ1) is 28.8. The van der Waals surface area contributed by atoms with E-state index in [1.165, 1.54) is 180 Å². The molecule has 0 radical (unpaired) electrons. The van der Waals surface area contributed by atoms with Crippen molar-refractivity contribution in [1.29, 1.82) is 0 Å². The molecule has 0 fully saturated rings. The summed E-state index contributed by atoms with van der Waals surface area (Å²) in [6.45, 7) is 11.4. The third-order valence-electron chi connectivity index (χ3n) is 12.7. The van der Waals surface area contributed by atoms with Crippen LogP contribution in [0.15, 0.2) is 0 Å². The lowest BCUT2D eigenvalue weighted by atomic mass is 9.99. The average Bonchev–Trinajstić information content (AvgIpc) is 3.23. The van der Waals surface area contributed by atoms with Crippen molar-refractivity contribution in [2.75, 3.05) is 13.2 Å². The molecule has 0 aliphatic rings. The second-order valence-electron chi connectivity index (χ2n) is 18.6. The largest absolute Gasteiger partial charge is 0.462 e. The Labute approximate surface area is 368 Å². The van der Waals surface area contributed by atoms with Crippen molar-refractivity contribution in [3.63, 3.8) is 0 Å². The molecule has 0 heterocycles. The van der Waals surface area contributed by atoms with Crippen LogP contribution in [0.5, 0.6) is 0 Å². The number of carbonyl (C=O) groups is 3. The number of unbranched alkanes of at least 4 members (excludes halogenated alkanes) is 30. The minimum Gasteiger partial charge on any atom is -0.462 e. The molecule has 0 bridgehead atoms. The van der Waals surface area contributed by atoms with E-state index in [0.717, 1.165) is 69.6 Å². The van der Waals surface area contributed by atoms with Crippen LogP contribution in [0.2, 0.25) is 0 Å². The summed E-state index contributed by atoms with van der Waals surface area (Å²) in [5.41, 5.74) is 0. The summed E-state index contributed by atoms with van der Waals surface area (Å²) in [5.74, 6) is 0.890. The molecule has 0 aromatic rings. The molecule has 350 valence electrons. The second kappa shape index (κ2) is 45.9. The van der Waals surface area contributed by atoms with E-state index in [1.54, 1.807) is 0 Å². The Kier molecular flexibility index (Phi) is 44.7. The number of carbonyl (C=O) groups excluding carboxylic acids is 3. The smallest absolute Gasteiger partial charge is 0.306 e. The van der Waals surface area contributed by atoms with Gasteiger partial charge in [0.05, 0.1) is 0 Å². The number of rotatable bonds is 47. The molecule has 0 saturated carbocycles. The van der Waals surface area contributed by atoms with Gasteiger partial charge in [0.2, 0.25) is 0 Å². The Balaban J connectivity index is 4.34. The standard InChI is InChI=1S/C53H102O6/c1-6-9-10-11-12-13-14-15-16-23-28-33-38-43-51(54)57-46-50(59-53(56)45-40-35-30-25-20-18-22-27-32-37-42-49(5)8-3)47-58-52(55)44-39-34-29-24-19-17-21-26-31-36-41-48(4)7-2/h48-50H,6-47H2,1-5H3/t48?,49?,50-/m0/s1. The van der Waals surface area contributed by atoms with Gasteiger partial charge in [-0.1, -0.05) is 253 Å². The van der Waals surface area contributed by atoms with Gasteiger partial charge in [0.1, 0.15) is 13.2 Å². The molecule has 6 heteroatoms.